The number of carbonyl (C=O) groups excluding carboxylic acids is 1. The van der Waals surface area contributed by atoms with Crippen LogP contribution < -0.4 is 14.8 Å². The van der Waals surface area contributed by atoms with E-state index in [4.69, 9.17) is 9.47 Å². The zero-order valence-corrected chi connectivity index (χ0v) is 13.9. The van der Waals surface area contributed by atoms with E-state index in [1.54, 1.807) is 21.2 Å². The molecule has 0 unspecified atom stereocenters. The van der Waals surface area contributed by atoms with Crippen molar-refractivity contribution in [2.24, 2.45) is 0 Å². The Morgan fingerprint density at radius 1 is 1.40 bits per heavy atom. The molecule has 0 saturated carbocycles. The lowest BCUT2D eigenvalue weighted by atomic mass is 10.2. The van der Waals surface area contributed by atoms with E-state index in [1.165, 1.54) is 4.90 Å². The summed E-state index contributed by atoms with van der Waals surface area (Å²) in [6, 6.07) is 3.86. The van der Waals surface area contributed by atoms with Gasteiger partial charge in [0.15, 0.2) is 18.1 Å². The molecule has 5 nitrogen and oxygen atoms in total. The molecule has 1 N–H and O–H groups in total. The molecule has 0 radical (unpaired) electrons. The van der Waals surface area contributed by atoms with Crippen molar-refractivity contribution >= 4 is 21.8 Å². The van der Waals surface area contributed by atoms with Gasteiger partial charge in [-0.25, -0.2) is 0 Å². The minimum Gasteiger partial charge on any atom is -0.493 e. The summed E-state index contributed by atoms with van der Waals surface area (Å²) in [4.78, 5) is 13.1. The highest BCUT2D eigenvalue weighted by atomic mass is 79.9. The molecular formula is C14H21BrN2O3. The quantitative estimate of drug-likeness (QED) is 0.822. The molecule has 0 aliphatic carbocycles. The fraction of sp³-hybridized carbons (Fsp3) is 0.500. The molecule has 1 aromatic carbocycles. The van der Waals surface area contributed by atoms with Crippen LogP contribution in [0.1, 0.15) is 12.5 Å². The summed E-state index contributed by atoms with van der Waals surface area (Å²) in [5.41, 5.74) is 1.09. The van der Waals surface area contributed by atoms with Gasteiger partial charge in [0.1, 0.15) is 0 Å². The van der Waals surface area contributed by atoms with Crippen molar-refractivity contribution in [2.75, 3.05) is 34.4 Å². The Balaban J connectivity index is 2.87. The van der Waals surface area contributed by atoms with Gasteiger partial charge in [0.05, 0.1) is 11.6 Å². The normalized spacial score (nSPS) is 10.2. The molecule has 6 heteroatoms. The summed E-state index contributed by atoms with van der Waals surface area (Å²) in [6.45, 7) is 3.68. The third-order valence-electron chi connectivity index (χ3n) is 2.71. The molecule has 0 aliphatic rings. The van der Waals surface area contributed by atoms with Crippen molar-refractivity contribution in [2.45, 2.75) is 13.5 Å². The number of likely N-dealkylation sites (N-methyl/N-ethyl adjacent to an activating group) is 1. The minimum absolute atomic E-state index is 0.0193. The van der Waals surface area contributed by atoms with Crippen molar-refractivity contribution in [3.63, 3.8) is 0 Å². The highest BCUT2D eigenvalue weighted by Gasteiger charge is 2.14. The van der Waals surface area contributed by atoms with Crippen LogP contribution in [0.25, 0.3) is 0 Å². The fourth-order valence-electron chi connectivity index (χ4n) is 1.55. The summed E-state index contributed by atoms with van der Waals surface area (Å²) in [5, 5.41) is 3.25. The maximum absolute atomic E-state index is 11.6. The number of nitrogens with one attached hydrogen (secondary N) is 1. The summed E-state index contributed by atoms with van der Waals surface area (Å²) < 4.78 is 11.7. The van der Waals surface area contributed by atoms with Gasteiger partial charge in [-0.05, 0) is 40.2 Å². The number of halogens is 1. The second kappa shape index (κ2) is 8.11. The van der Waals surface area contributed by atoms with Gasteiger partial charge < -0.3 is 19.7 Å². The second-order valence-electron chi connectivity index (χ2n) is 4.47. The van der Waals surface area contributed by atoms with Crippen molar-refractivity contribution in [1.82, 2.24) is 10.2 Å². The van der Waals surface area contributed by atoms with Crippen LogP contribution in [0.5, 0.6) is 11.5 Å². The molecule has 1 amide bonds. The number of ether oxygens (including phenoxy) is 2. The lowest BCUT2D eigenvalue weighted by Gasteiger charge is -2.16. The predicted octanol–water partition coefficient (Wildman–Crippen LogP) is 2.03. The van der Waals surface area contributed by atoms with E-state index in [0.717, 1.165) is 23.1 Å². The van der Waals surface area contributed by atoms with Gasteiger partial charge in [0.2, 0.25) is 0 Å². The molecule has 0 fully saturated rings. The van der Waals surface area contributed by atoms with Crippen LogP contribution >= 0.6 is 15.9 Å². The van der Waals surface area contributed by atoms with E-state index in [0.29, 0.717) is 11.5 Å². The number of rotatable bonds is 7. The van der Waals surface area contributed by atoms with Crippen LogP contribution in [-0.4, -0.2) is 45.2 Å². The summed E-state index contributed by atoms with van der Waals surface area (Å²) in [5.74, 6) is 1.05. The van der Waals surface area contributed by atoms with Gasteiger partial charge in [-0.15, -0.1) is 0 Å². The van der Waals surface area contributed by atoms with E-state index in [2.05, 4.69) is 28.2 Å². The highest BCUT2D eigenvalue weighted by Crippen LogP contribution is 2.36. The van der Waals surface area contributed by atoms with E-state index in [-0.39, 0.29) is 12.5 Å². The molecule has 0 aliphatic heterocycles. The van der Waals surface area contributed by atoms with E-state index < -0.39 is 0 Å². The van der Waals surface area contributed by atoms with E-state index >= 15 is 0 Å². The van der Waals surface area contributed by atoms with Crippen molar-refractivity contribution in [1.29, 1.82) is 0 Å². The fourth-order valence-corrected chi connectivity index (χ4v) is 2.15. The summed E-state index contributed by atoms with van der Waals surface area (Å²) >= 11 is 3.46. The highest BCUT2D eigenvalue weighted by molar-refractivity contribution is 9.10. The third-order valence-corrected chi connectivity index (χ3v) is 3.30. The van der Waals surface area contributed by atoms with Crippen molar-refractivity contribution in [3.05, 3.63) is 22.2 Å². The first-order chi connectivity index (χ1) is 9.49. The lowest BCUT2D eigenvalue weighted by Crippen LogP contribution is -2.27. The van der Waals surface area contributed by atoms with Crippen molar-refractivity contribution in [3.8, 4) is 11.5 Å². The number of amides is 1. The lowest BCUT2D eigenvalue weighted by molar-refractivity contribution is -0.130. The molecule has 0 spiro atoms. The zero-order valence-electron chi connectivity index (χ0n) is 12.3. The Hall–Kier alpha value is -1.27. The first-order valence-electron chi connectivity index (χ1n) is 6.39. The predicted molar refractivity (Wildman–Crippen MR) is 82.3 cm³/mol. The summed E-state index contributed by atoms with van der Waals surface area (Å²) in [7, 11) is 4.97. The van der Waals surface area contributed by atoms with Gasteiger partial charge >= 0.3 is 0 Å². The Morgan fingerprint density at radius 2 is 2.10 bits per heavy atom. The van der Waals surface area contributed by atoms with Crippen LogP contribution in [-0.2, 0) is 11.3 Å². The first kappa shape index (κ1) is 16.8. The molecule has 20 heavy (non-hydrogen) atoms. The minimum atomic E-state index is -0.101. The number of carbonyl (C=O) groups is 1. The van der Waals surface area contributed by atoms with Crippen LogP contribution in [0.15, 0.2) is 16.6 Å². The van der Waals surface area contributed by atoms with Crippen LogP contribution in [0.4, 0.5) is 0 Å². The molecule has 112 valence electrons. The second-order valence-corrected chi connectivity index (χ2v) is 5.32. The van der Waals surface area contributed by atoms with Crippen LogP contribution in [0.2, 0.25) is 0 Å². The Morgan fingerprint density at radius 3 is 2.65 bits per heavy atom. The van der Waals surface area contributed by atoms with Gasteiger partial charge in [-0.3, -0.25) is 4.79 Å². The van der Waals surface area contributed by atoms with Gasteiger partial charge in [-0.2, -0.15) is 0 Å². The van der Waals surface area contributed by atoms with Crippen LogP contribution in [0, 0.1) is 0 Å². The number of nitrogens with zero attached hydrogens (tertiary/aromatic N) is 1. The standard InChI is InChI=1S/C14H21BrN2O3/c1-5-16-8-10-6-11(15)14(12(7-10)19-4)20-9-13(18)17(2)3/h6-7,16H,5,8-9H2,1-4H3. The van der Waals surface area contributed by atoms with Crippen LogP contribution in [0.3, 0.4) is 0 Å². The largest absolute Gasteiger partial charge is 0.493 e. The smallest absolute Gasteiger partial charge is 0.259 e. The molecule has 0 saturated heterocycles. The number of hydrogen-bond donors (Lipinski definition) is 1. The Labute approximate surface area is 128 Å². The number of benzene rings is 1. The molecular weight excluding hydrogens is 324 g/mol. The summed E-state index contributed by atoms with van der Waals surface area (Å²) in [6.07, 6.45) is 0. The number of methoxy groups -OCH3 is 1. The van der Waals surface area contributed by atoms with E-state index in [9.17, 15) is 4.79 Å². The van der Waals surface area contributed by atoms with Gasteiger partial charge in [0, 0.05) is 20.6 Å². The SMILES string of the molecule is CCNCc1cc(Br)c(OCC(=O)N(C)C)c(OC)c1. The monoisotopic (exact) mass is 344 g/mol. The average Bonchev–Trinajstić information content (AvgIpc) is 2.42. The Kier molecular flexibility index (Phi) is 6.81. The topological polar surface area (TPSA) is 50.8 Å². The van der Waals surface area contributed by atoms with E-state index in [1.807, 2.05) is 12.1 Å². The molecule has 0 atom stereocenters. The van der Waals surface area contributed by atoms with Gasteiger partial charge in [0.25, 0.3) is 5.91 Å². The van der Waals surface area contributed by atoms with Crippen molar-refractivity contribution < 1.29 is 14.3 Å². The Bertz CT molecular complexity index is 464. The van der Waals surface area contributed by atoms with Gasteiger partial charge in [-0.1, -0.05) is 6.92 Å². The number of hydrogen-bond acceptors (Lipinski definition) is 4. The molecule has 1 rings (SSSR count). The molecule has 0 heterocycles. The maximum Gasteiger partial charge on any atom is 0.259 e. The zero-order chi connectivity index (χ0) is 15.1. The third kappa shape index (κ3) is 4.68. The molecule has 0 bridgehead atoms. The maximum atomic E-state index is 11.6. The molecule has 0 aromatic heterocycles. The molecule has 1 aromatic rings. The first-order valence-corrected chi connectivity index (χ1v) is 7.19. The average molecular weight is 345 g/mol.